The van der Waals surface area contributed by atoms with Crippen molar-refractivity contribution in [2.24, 2.45) is 0 Å². The molecule has 2 aromatic carbocycles. The Balaban J connectivity index is 1.44. The van der Waals surface area contributed by atoms with Crippen LogP contribution in [0.25, 0.3) is 0 Å². The Labute approximate surface area is 161 Å². The molecule has 0 amide bonds. The van der Waals surface area contributed by atoms with E-state index in [1.54, 1.807) is 0 Å². The van der Waals surface area contributed by atoms with Crippen LogP contribution in [0.2, 0.25) is 0 Å². The van der Waals surface area contributed by atoms with Gasteiger partial charge in [0, 0.05) is 32.7 Å². The van der Waals surface area contributed by atoms with Gasteiger partial charge in [-0.2, -0.15) is 0 Å². The van der Waals surface area contributed by atoms with Crippen LogP contribution in [0.3, 0.4) is 0 Å². The number of nitrogens with one attached hydrogen (secondary N) is 2. The molecule has 0 aromatic heterocycles. The molecular weight excluding hydrogens is 342 g/mol. The molecule has 1 saturated heterocycles. The first-order valence-corrected chi connectivity index (χ1v) is 9.64. The van der Waals surface area contributed by atoms with Gasteiger partial charge in [0.05, 0.1) is 13.2 Å². The summed E-state index contributed by atoms with van der Waals surface area (Å²) in [5.41, 5.74) is 3.97. The third kappa shape index (κ3) is 6.09. The molecule has 0 bridgehead atoms. The quantitative estimate of drug-likeness (QED) is 0.734. The van der Waals surface area contributed by atoms with Crippen LogP contribution < -0.4 is 10.6 Å². The van der Waals surface area contributed by atoms with Crippen LogP contribution in [0.15, 0.2) is 54.6 Å². The Hall–Kier alpha value is -1.95. The number of nitrogens with zero attached hydrogens (tertiary/aromatic N) is 1. The zero-order valence-corrected chi connectivity index (χ0v) is 15.9. The predicted molar refractivity (Wildman–Crippen MR) is 110 cm³/mol. The molecule has 5 heteroatoms. The Bertz CT molecular complexity index is 687. The molecule has 2 aromatic rings. The Kier molecular flexibility index (Phi) is 7.43. The van der Waals surface area contributed by atoms with Gasteiger partial charge in [0.1, 0.15) is 0 Å². The summed E-state index contributed by atoms with van der Waals surface area (Å²) in [4.78, 5) is 2.44. The highest BCUT2D eigenvalue weighted by atomic mass is 32.1. The molecule has 26 heavy (non-hydrogen) atoms. The highest BCUT2D eigenvalue weighted by Crippen LogP contribution is 2.13. The summed E-state index contributed by atoms with van der Waals surface area (Å²) in [7, 11) is 0. The van der Waals surface area contributed by atoms with E-state index in [9.17, 15) is 0 Å². The minimum absolute atomic E-state index is 0.710. The Morgan fingerprint density at radius 3 is 2.38 bits per heavy atom. The molecule has 1 aliphatic heterocycles. The summed E-state index contributed by atoms with van der Waals surface area (Å²) in [5.74, 6) is 0. The number of hydrogen-bond acceptors (Lipinski definition) is 3. The number of rotatable bonds is 7. The lowest BCUT2D eigenvalue weighted by atomic mass is 10.1. The summed E-state index contributed by atoms with van der Waals surface area (Å²) >= 11 is 5.42. The van der Waals surface area contributed by atoms with E-state index in [4.69, 9.17) is 17.0 Å². The van der Waals surface area contributed by atoms with Crippen LogP contribution in [0, 0.1) is 0 Å². The third-order valence-corrected chi connectivity index (χ3v) is 4.89. The maximum Gasteiger partial charge on any atom is 0.166 e. The minimum atomic E-state index is 0.710. The maximum absolute atomic E-state index is 5.44. The number of ether oxygens (including phenoxy) is 1. The third-order valence-electron chi connectivity index (χ3n) is 4.60. The molecule has 138 valence electrons. The van der Waals surface area contributed by atoms with E-state index in [2.05, 4.69) is 64.1 Å². The van der Waals surface area contributed by atoms with Crippen molar-refractivity contribution >= 4 is 17.3 Å². The highest BCUT2D eigenvalue weighted by Gasteiger charge is 2.12. The molecule has 3 rings (SSSR count). The molecule has 0 atom stereocenters. The maximum atomic E-state index is 5.44. The SMILES string of the molecule is S=C(NCCc1ccccc1)NCc1ccccc1CN1CCOCC1. The van der Waals surface area contributed by atoms with Crippen LogP contribution in [0.5, 0.6) is 0 Å². The van der Waals surface area contributed by atoms with Gasteiger partial charge in [-0.25, -0.2) is 0 Å². The van der Waals surface area contributed by atoms with Crippen LogP contribution >= 0.6 is 12.2 Å². The molecule has 2 N–H and O–H groups in total. The monoisotopic (exact) mass is 369 g/mol. The van der Waals surface area contributed by atoms with E-state index in [0.717, 1.165) is 52.4 Å². The first kappa shape index (κ1) is 18.8. The van der Waals surface area contributed by atoms with Gasteiger partial charge in [-0.3, -0.25) is 4.90 Å². The predicted octanol–water partition coefficient (Wildman–Crippen LogP) is 2.73. The van der Waals surface area contributed by atoms with Crippen molar-refractivity contribution in [1.29, 1.82) is 0 Å². The average Bonchev–Trinajstić information content (AvgIpc) is 2.69. The average molecular weight is 370 g/mol. The normalized spacial score (nSPS) is 14.8. The largest absolute Gasteiger partial charge is 0.379 e. The van der Waals surface area contributed by atoms with Gasteiger partial charge in [0.15, 0.2) is 5.11 Å². The standard InChI is InChI=1S/C21H27N3OS/c26-21(22-11-10-18-6-2-1-3-7-18)23-16-19-8-4-5-9-20(19)17-24-12-14-25-15-13-24/h1-9H,10-17H2,(H2,22,23,26). The fraction of sp³-hybridized carbons (Fsp3) is 0.381. The fourth-order valence-corrected chi connectivity index (χ4v) is 3.26. The van der Waals surface area contributed by atoms with E-state index >= 15 is 0 Å². The van der Waals surface area contributed by atoms with Gasteiger partial charge in [-0.15, -0.1) is 0 Å². The molecule has 1 fully saturated rings. The van der Waals surface area contributed by atoms with Crippen molar-refractivity contribution in [3.05, 3.63) is 71.3 Å². The van der Waals surface area contributed by atoms with Crippen molar-refractivity contribution in [3.63, 3.8) is 0 Å². The van der Waals surface area contributed by atoms with Crippen LogP contribution in [-0.2, 0) is 24.2 Å². The Morgan fingerprint density at radius 1 is 0.923 bits per heavy atom. The lowest BCUT2D eigenvalue weighted by Gasteiger charge is -2.27. The van der Waals surface area contributed by atoms with E-state index < -0.39 is 0 Å². The van der Waals surface area contributed by atoms with Crippen molar-refractivity contribution in [3.8, 4) is 0 Å². The summed E-state index contributed by atoms with van der Waals surface area (Å²) in [6.07, 6.45) is 0.969. The summed E-state index contributed by atoms with van der Waals surface area (Å²) in [6, 6.07) is 19.0. The first-order valence-electron chi connectivity index (χ1n) is 9.24. The summed E-state index contributed by atoms with van der Waals surface area (Å²) in [6.45, 7) is 6.21. The smallest absolute Gasteiger partial charge is 0.166 e. The minimum Gasteiger partial charge on any atom is -0.379 e. The van der Waals surface area contributed by atoms with Gasteiger partial charge < -0.3 is 15.4 Å². The molecular formula is C21H27N3OS. The number of benzene rings is 2. The van der Waals surface area contributed by atoms with Gasteiger partial charge in [-0.1, -0.05) is 54.6 Å². The van der Waals surface area contributed by atoms with Crippen molar-refractivity contribution < 1.29 is 4.74 Å². The van der Waals surface area contributed by atoms with Crippen molar-refractivity contribution in [2.45, 2.75) is 19.5 Å². The lowest BCUT2D eigenvalue weighted by molar-refractivity contribution is 0.0341. The van der Waals surface area contributed by atoms with E-state index in [-0.39, 0.29) is 0 Å². The molecule has 0 aliphatic carbocycles. The summed E-state index contributed by atoms with van der Waals surface area (Å²) in [5, 5.41) is 7.35. The van der Waals surface area contributed by atoms with Gasteiger partial charge in [0.25, 0.3) is 0 Å². The van der Waals surface area contributed by atoms with Gasteiger partial charge in [-0.05, 0) is 35.3 Å². The molecule has 0 saturated carbocycles. The second-order valence-corrected chi connectivity index (χ2v) is 6.91. The second kappa shape index (κ2) is 10.3. The van der Waals surface area contributed by atoms with Crippen molar-refractivity contribution in [2.75, 3.05) is 32.8 Å². The van der Waals surface area contributed by atoms with Crippen LogP contribution in [0.4, 0.5) is 0 Å². The van der Waals surface area contributed by atoms with E-state index in [0.29, 0.717) is 5.11 Å². The molecule has 0 unspecified atom stereocenters. The zero-order chi connectivity index (χ0) is 18.0. The molecule has 1 heterocycles. The molecule has 1 aliphatic rings. The Morgan fingerprint density at radius 2 is 1.62 bits per heavy atom. The van der Waals surface area contributed by atoms with E-state index in [1.807, 2.05) is 6.07 Å². The number of morpholine rings is 1. The van der Waals surface area contributed by atoms with Crippen LogP contribution in [-0.4, -0.2) is 42.9 Å². The fourth-order valence-electron chi connectivity index (χ4n) is 3.09. The molecule has 0 spiro atoms. The summed E-state index contributed by atoms with van der Waals surface area (Å²) < 4.78 is 5.44. The van der Waals surface area contributed by atoms with Gasteiger partial charge in [0.2, 0.25) is 0 Å². The highest BCUT2D eigenvalue weighted by molar-refractivity contribution is 7.80. The van der Waals surface area contributed by atoms with E-state index in [1.165, 1.54) is 16.7 Å². The molecule has 4 nitrogen and oxygen atoms in total. The zero-order valence-electron chi connectivity index (χ0n) is 15.1. The number of hydrogen-bond donors (Lipinski definition) is 2. The first-order chi connectivity index (χ1) is 12.8. The second-order valence-electron chi connectivity index (χ2n) is 6.50. The van der Waals surface area contributed by atoms with Crippen molar-refractivity contribution in [1.82, 2.24) is 15.5 Å². The van der Waals surface area contributed by atoms with Crippen LogP contribution in [0.1, 0.15) is 16.7 Å². The van der Waals surface area contributed by atoms with Gasteiger partial charge >= 0.3 is 0 Å². The number of thiocarbonyl (C=S) groups is 1. The lowest BCUT2D eigenvalue weighted by Crippen LogP contribution is -2.37. The molecule has 0 radical (unpaired) electrons. The topological polar surface area (TPSA) is 36.5 Å².